The van der Waals surface area contributed by atoms with Gasteiger partial charge in [-0.05, 0) is 30.3 Å². The molecule has 0 amide bonds. The van der Waals surface area contributed by atoms with Crippen molar-refractivity contribution in [2.24, 2.45) is 5.73 Å². The average Bonchev–Trinajstić information content (AvgIpc) is 2.86. The Balaban J connectivity index is 2.30. The average molecular weight is 317 g/mol. The Morgan fingerprint density at radius 2 is 1.95 bits per heavy atom. The van der Waals surface area contributed by atoms with Gasteiger partial charge in [-0.2, -0.15) is 13.2 Å². The molecule has 0 bridgehead atoms. The maximum atomic E-state index is 13.2. The summed E-state index contributed by atoms with van der Waals surface area (Å²) < 4.78 is 56.5. The highest BCUT2D eigenvalue weighted by Crippen LogP contribution is 2.34. The topological polar surface area (TPSA) is 76.5 Å². The molecular weight excluding hydrogens is 306 g/mol. The Bertz CT molecular complexity index is 694. The molecule has 4 nitrogen and oxygen atoms in total. The monoisotopic (exact) mass is 317 g/mol. The highest BCUT2D eigenvalue weighted by molar-refractivity contribution is 5.73. The van der Waals surface area contributed by atoms with Crippen molar-refractivity contribution in [3.8, 4) is 11.3 Å². The molecule has 0 spiro atoms. The lowest BCUT2D eigenvalue weighted by Crippen LogP contribution is -2.32. The number of halogens is 4. The molecule has 0 aliphatic rings. The van der Waals surface area contributed by atoms with Gasteiger partial charge in [-0.25, -0.2) is 4.39 Å². The van der Waals surface area contributed by atoms with Crippen molar-refractivity contribution in [2.75, 3.05) is 0 Å². The molecule has 22 heavy (non-hydrogen) atoms. The lowest BCUT2D eigenvalue weighted by molar-refractivity contribution is -0.140. The highest BCUT2D eigenvalue weighted by atomic mass is 19.4. The number of carboxylic acids is 1. The predicted molar refractivity (Wildman–Crippen MR) is 68.4 cm³/mol. The summed E-state index contributed by atoms with van der Waals surface area (Å²) in [6, 6.07) is 4.08. The van der Waals surface area contributed by atoms with E-state index in [1.807, 2.05) is 0 Å². The molecule has 0 fully saturated rings. The zero-order valence-electron chi connectivity index (χ0n) is 11.0. The minimum atomic E-state index is -4.82. The van der Waals surface area contributed by atoms with Crippen molar-refractivity contribution >= 4 is 5.97 Å². The van der Waals surface area contributed by atoms with Crippen molar-refractivity contribution in [1.82, 2.24) is 0 Å². The predicted octanol–water partition coefficient (Wildman–Crippen LogP) is 3.06. The second kappa shape index (κ2) is 5.80. The number of rotatable bonds is 4. The Morgan fingerprint density at radius 3 is 2.55 bits per heavy atom. The smallest absolute Gasteiger partial charge is 0.419 e. The van der Waals surface area contributed by atoms with E-state index in [2.05, 4.69) is 0 Å². The number of nitrogens with two attached hydrogens (primary N) is 1. The van der Waals surface area contributed by atoms with Crippen LogP contribution >= 0.6 is 0 Å². The standard InChI is InChI=1S/C14H11F4NO3/c15-10-3-1-7(5-9(10)14(16,17)18)12-4-2-8(22-12)6-11(19)13(20)21/h1-5,11H,6,19H2,(H,20,21). The Hall–Kier alpha value is -2.35. The summed E-state index contributed by atoms with van der Waals surface area (Å²) in [6.07, 6.45) is -4.93. The summed E-state index contributed by atoms with van der Waals surface area (Å²) in [5, 5.41) is 8.69. The molecule has 0 radical (unpaired) electrons. The molecule has 1 aromatic heterocycles. The number of aliphatic carboxylic acids is 1. The second-order valence-electron chi connectivity index (χ2n) is 4.61. The summed E-state index contributed by atoms with van der Waals surface area (Å²) >= 11 is 0. The molecule has 1 atom stereocenters. The van der Waals surface area contributed by atoms with E-state index >= 15 is 0 Å². The van der Waals surface area contributed by atoms with Gasteiger partial charge >= 0.3 is 12.1 Å². The van der Waals surface area contributed by atoms with Gasteiger partial charge in [0, 0.05) is 12.0 Å². The number of furan rings is 1. The summed E-state index contributed by atoms with van der Waals surface area (Å²) in [7, 11) is 0. The summed E-state index contributed by atoms with van der Waals surface area (Å²) in [5.41, 5.74) is 3.97. The van der Waals surface area contributed by atoms with Crippen LogP contribution in [0.15, 0.2) is 34.7 Å². The first-order chi connectivity index (χ1) is 10.2. The molecule has 118 valence electrons. The zero-order valence-corrected chi connectivity index (χ0v) is 11.0. The van der Waals surface area contributed by atoms with Gasteiger partial charge in [-0.1, -0.05) is 0 Å². The normalized spacial score (nSPS) is 13.1. The number of carboxylic acid groups (broad SMARTS) is 1. The van der Waals surface area contributed by atoms with Crippen LogP contribution in [0.5, 0.6) is 0 Å². The van der Waals surface area contributed by atoms with Gasteiger partial charge in [0.25, 0.3) is 0 Å². The van der Waals surface area contributed by atoms with Crippen LogP contribution in [-0.2, 0) is 17.4 Å². The second-order valence-corrected chi connectivity index (χ2v) is 4.61. The van der Waals surface area contributed by atoms with Crippen molar-refractivity contribution in [2.45, 2.75) is 18.6 Å². The van der Waals surface area contributed by atoms with Crippen molar-refractivity contribution in [3.63, 3.8) is 0 Å². The summed E-state index contributed by atoms with van der Waals surface area (Å²) in [6.45, 7) is 0. The van der Waals surface area contributed by atoms with E-state index in [0.29, 0.717) is 12.1 Å². The SMILES string of the molecule is NC(Cc1ccc(-c2ccc(F)c(C(F)(F)F)c2)o1)C(=O)O. The van der Waals surface area contributed by atoms with Crippen LogP contribution < -0.4 is 5.73 Å². The molecule has 3 N–H and O–H groups in total. The van der Waals surface area contributed by atoms with Crippen LogP contribution in [-0.4, -0.2) is 17.1 Å². The molecule has 2 rings (SSSR count). The number of benzene rings is 1. The minimum absolute atomic E-state index is 0.0314. The number of hydrogen-bond donors (Lipinski definition) is 2. The third kappa shape index (κ3) is 3.45. The fraction of sp³-hybridized carbons (Fsp3) is 0.214. The van der Waals surface area contributed by atoms with E-state index < -0.39 is 29.6 Å². The van der Waals surface area contributed by atoms with Crippen molar-refractivity contribution < 1.29 is 31.9 Å². The first-order valence-electron chi connectivity index (χ1n) is 6.12. The molecule has 0 saturated carbocycles. The number of hydrogen-bond acceptors (Lipinski definition) is 3. The Labute approximate surface area is 122 Å². The van der Waals surface area contributed by atoms with Gasteiger partial charge in [0.15, 0.2) is 0 Å². The maximum Gasteiger partial charge on any atom is 0.419 e. The quantitative estimate of drug-likeness (QED) is 0.850. The summed E-state index contributed by atoms with van der Waals surface area (Å²) in [5.74, 6) is -2.32. The molecule has 1 heterocycles. The molecule has 0 saturated heterocycles. The van der Waals surface area contributed by atoms with E-state index in [1.54, 1.807) is 0 Å². The largest absolute Gasteiger partial charge is 0.480 e. The zero-order chi connectivity index (χ0) is 16.5. The molecule has 8 heteroatoms. The Morgan fingerprint density at radius 1 is 1.27 bits per heavy atom. The highest BCUT2D eigenvalue weighted by Gasteiger charge is 2.34. The van der Waals surface area contributed by atoms with Gasteiger partial charge in [-0.15, -0.1) is 0 Å². The summed E-state index contributed by atoms with van der Waals surface area (Å²) in [4.78, 5) is 10.6. The third-order valence-electron chi connectivity index (χ3n) is 2.96. The lowest BCUT2D eigenvalue weighted by Gasteiger charge is -2.09. The van der Waals surface area contributed by atoms with Gasteiger partial charge in [0.1, 0.15) is 23.4 Å². The molecule has 1 aromatic carbocycles. The molecular formula is C14H11F4NO3. The minimum Gasteiger partial charge on any atom is -0.480 e. The maximum absolute atomic E-state index is 13.2. The number of alkyl halides is 3. The third-order valence-corrected chi connectivity index (χ3v) is 2.96. The van der Waals surface area contributed by atoms with Crippen LogP contribution in [0, 0.1) is 5.82 Å². The van der Waals surface area contributed by atoms with E-state index in [9.17, 15) is 22.4 Å². The molecule has 2 aromatic rings. The van der Waals surface area contributed by atoms with Crippen LogP contribution in [0.4, 0.5) is 17.6 Å². The fourth-order valence-corrected chi connectivity index (χ4v) is 1.84. The van der Waals surface area contributed by atoms with E-state index in [4.69, 9.17) is 15.3 Å². The number of carbonyl (C=O) groups is 1. The van der Waals surface area contributed by atoms with E-state index in [0.717, 1.165) is 6.07 Å². The van der Waals surface area contributed by atoms with E-state index in [-0.39, 0.29) is 23.5 Å². The lowest BCUT2D eigenvalue weighted by atomic mass is 10.1. The van der Waals surface area contributed by atoms with Gasteiger partial charge in [0.2, 0.25) is 0 Å². The first kappa shape index (κ1) is 16.0. The van der Waals surface area contributed by atoms with Gasteiger partial charge in [0.05, 0.1) is 5.56 Å². The first-order valence-corrected chi connectivity index (χ1v) is 6.12. The van der Waals surface area contributed by atoms with Gasteiger partial charge < -0.3 is 15.3 Å². The fourth-order valence-electron chi connectivity index (χ4n) is 1.84. The van der Waals surface area contributed by atoms with Crippen molar-refractivity contribution in [3.05, 3.63) is 47.5 Å². The van der Waals surface area contributed by atoms with E-state index in [1.165, 1.54) is 12.1 Å². The van der Waals surface area contributed by atoms with Crippen LogP contribution in [0.1, 0.15) is 11.3 Å². The van der Waals surface area contributed by atoms with Crippen LogP contribution in [0.25, 0.3) is 11.3 Å². The molecule has 1 unspecified atom stereocenters. The van der Waals surface area contributed by atoms with Crippen molar-refractivity contribution in [1.29, 1.82) is 0 Å². The molecule has 0 aliphatic carbocycles. The Kier molecular flexibility index (Phi) is 4.23. The van der Waals surface area contributed by atoms with Crippen LogP contribution in [0.3, 0.4) is 0 Å². The molecule has 0 aliphatic heterocycles. The van der Waals surface area contributed by atoms with Gasteiger partial charge in [-0.3, -0.25) is 4.79 Å². The van der Waals surface area contributed by atoms with Crippen LogP contribution in [0.2, 0.25) is 0 Å².